The molecule has 106 valence electrons. The third kappa shape index (κ3) is 2.50. The molecule has 1 N–H and O–H groups in total. The van der Waals surface area contributed by atoms with Crippen molar-refractivity contribution in [1.29, 1.82) is 5.26 Å². The number of rotatable bonds is 4. The van der Waals surface area contributed by atoms with Gasteiger partial charge in [0.05, 0.1) is 22.9 Å². The molecule has 3 rings (SSSR count). The number of imidazole rings is 1. The molecule has 2 heterocycles. The van der Waals surface area contributed by atoms with Crippen molar-refractivity contribution in [1.82, 2.24) is 9.55 Å². The van der Waals surface area contributed by atoms with Crippen LogP contribution in [0.4, 0.5) is 0 Å². The Morgan fingerprint density at radius 3 is 2.95 bits per heavy atom. The van der Waals surface area contributed by atoms with E-state index in [1.165, 1.54) is 0 Å². The van der Waals surface area contributed by atoms with Gasteiger partial charge in [-0.25, -0.2) is 0 Å². The minimum atomic E-state index is 0.227. The molecule has 2 aromatic heterocycles. The summed E-state index contributed by atoms with van der Waals surface area (Å²) in [5, 5.41) is 9.18. The average molecular weight is 297 g/mol. The molecule has 0 aliphatic heterocycles. The molecule has 0 amide bonds. The zero-order chi connectivity index (χ0) is 14.8. The SMILES string of the molecule is CC(CCc1ccco1)n1c(=S)[nH]c2c(C#N)cccc21. The molecule has 0 saturated carbocycles. The summed E-state index contributed by atoms with van der Waals surface area (Å²) >= 11 is 5.43. The van der Waals surface area contributed by atoms with Gasteiger partial charge in [-0.3, -0.25) is 0 Å². The smallest absolute Gasteiger partial charge is 0.178 e. The maximum absolute atomic E-state index is 9.18. The Hall–Kier alpha value is -2.32. The van der Waals surface area contributed by atoms with Crippen LogP contribution in [-0.2, 0) is 6.42 Å². The minimum Gasteiger partial charge on any atom is -0.469 e. The Morgan fingerprint density at radius 1 is 1.38 bits per heavy atom. The highest BCUT2D eigenvalue weighted by Gasteiger charge is 2.13. The Labute approximate surface area is 127 Å². The number of furan rings is 1. The van der Waals surface area contributed by atoms with Crippen molar-refractivity contribution in [2.45, 2.75) is 25.8 Å². The molecular formula is C16H15N3OS. The third-order valence-electron chi connectivity index (χ3n) is 3.70. The highest BCUT2D eigenvalue weighted by Crippen LogP contribution is 2.24. The zero-order valence-electron chi connectivity index (χ0n) is 11.7. The Balaban J connectivity index is 1.94. The molecule has 0 spiro atoms. The molecule has 0 aliphatic rings. The maximum atomic E-state index is 9.18. The summed E-state index contributed by atoms with van der Waals surface area (Å²) in [5.74, 6) is 0.978. The van der Waals surface area contributed by atoms with Gasteiger partial charge in [0.25, 0.3) is 0 Å². The number of nitrogens with one attached hydrogen (secondary N) is 1. The number of aromatic amines is 1. The highest BCUT2D eigenvalue weighted by atomic mass is 32.1. The van der Waals surface area contributed by atoms with E-state index in [9.17, 15) is 5.26 Å². The number of H-pyrrole nitrogens is 1. The van der Waals surface area contributed by atoms with Crippen LogP contribution in [0.25, 0.3) is 11.0 Å². The van der Waals surface area contributed by atoms with Crippen molar-refractivity contribution in [2.24, 2.45) is 0 Å². The Morgan fingerprint density at radius 2 is 2.24 bits per heavy atom. The lowest BCUT2D eigenvalue weighted by Gasteiger charge is -2.14. The lowest BCUT2D eigenvalue weighted by molar-refractivity contribution is 0.455. The fraction of sp³-hybridized carbons (Fsp3) is 0.250. The van der Waals surface area contributed by atoms with Crippen LogP contribution < -0.4 is 0 Å². The van der Waals surface area contributed by atoms with Gasteiger partial charge in [-0.1, -0.05) is 6.07 Å². The summed E-state index contributed by atoms with van der Waals surface area (Å²) in [7, 11) is 0. The predicted molar refractivity (Wildman–Crippen MR) is 83.6 cm³/mol. The quantitative estimate of drug-likeness (QED) is 0.728. The van der Waals surface area contributed by atoms with Crippen molar-refractivity contribution in [3.8, 4) is 6.07 Å². The van der Waals surface area contributed by atoms with Crippen molar-refractivity contribution in [2.75, 3.05) is 0 Å². The van der Waals surface area contributed by atoms with Gasteiger partial charge in [-0.15, -0.1) is 0 Å². The van der Waals surface area contributed by atoms with Gasteiger partial charge < -0.3 is 14.0 Å². The fourth-order valence-corrected chi connectivity index (χ4v) is 3.00. The van der Waals surface area contributed by atoms with Gasteiger partial charge in [0.15, 0.2) is 4.77 Å². The van der Waals surface area contributed by atoms with Crippen LogP contribution in [-0.4, -0.2) is 9.55 Å². The number of nitrogens with zero attached hydrogens (tertiary/aromatic N) is 2. The Bertz CT molecular complexity index is 852. The van der Waals surface area contributed by atoms with E-state index >= 15 is 0 Å². The molecule has 0 fully saturated rings. The van der Waals surface area contributed by atoms with Crippen LogP contribution in [0, 0.1) is 16.1 Å². The van der Waals surface area contributed by atoms with Crippen LogP contribution in [0.3, 0.4) is 0 Å². The molecule has 0 saturated heterocycles. The van der Waals surface area contributed by atoms with Gasteiger partial charge >= 0.3 is 0 Å². The first kappa shape index (κ1) is 13.7. The van der Waals surface area contributed by atoms with E-state index in [-0.39, 0.29) is 6.04 Å². The van der Waals surface area contributed by atoms with E-state index in [1.807, 2.05) is 24.3 Å². The van der Waals surface area contributed by atoms with Crippen LogP contribution in [0.2, 0.25) is 0 Å². The molecule has 1 atom stereocenters. The van der Waals surface area contributed by atoms with Crippen molar-refractivity contribution >= 4 is 23.3 Å². The lowest BCUT2D eigenvalue weighted by atomic mass is 10.1. The molecule has 5 heteroatoms. The number of hydrogen-bond acceptors (Lipinski definition) is 3. The minimum absolute atomic E-state index is 0.227. The number of nitriles is 1. The molecule has 3 aromatic rings. The van der Waals surface area contributed by atoms with E-state index in [4.69, 9.17) is 16.6 Å². The number of fused-ring (bicyclic) bond motifs is 1. The van der Waals surface area contributed by atoms with Gasteiger partial charge in [-0.05, 0) is 49.8 Å². The van der Waals surface area contributed by atoms with Crippen molar-refractivity contribution in [3.05, 3.63) is 52.7 Å². The molecular weight excluding hydrogens is 282 g/mol. The maximum Gasteiger partial charge on any atom is 0.178 e. The van der Waals surface area contributed by atoms with Gasteiger partial charge in [0.2, 0.25) is 0 Å². The van der Waals surface area contributed by atoms with Crippen molar-refractivity contribution < 1.29 is 4.42 Å². The van der Waals surface area contributed by atoms with Crippen LogP contribution in [0.1, 0.15) is 30.7 Å². The number of hydrogen-bond donors (Lipinski definition) is 1. The molecule has 4 nitrogen and oxygen atoms in total. The third-order valence-corrected chi connectivity index (χ3v) is 4.00. The average Bonchev–Trinajstić information content (AvgIpc) is 3.10. The van der Waals surface area contributed by atoms with Gasteiger partial charge in [-0.2, -0.15) is 5.26 Å². The van der Waals surface area contributed by atoms with Crippen LogP contribution in [0.5, 0.6) is 0 Å². The molecule has 1 aromatic carbocycles. The van der Waals surface area contributed by atoms with E-state index in [0.717, 1.165) is 29.6 Å². The summed E-state index contributed by atoms with van der Waals surface area (Å²) in [5.41, 5.74) is 2.41. The summed E-state index contributed by atoms with van der Waals surface area (Å²) < 4.78 is 8.10. The van der Waals surface area contributed by atoms with Crippen LogP contribution >= 0.6 is 12.2 Å². The second-order valence-electron chi connectivity index (χ2n) is 5.08. The molecule has 0 bridgehead atoms. The number of aryl methyl sites for hydroxylation is 1. The number of para-hydroxylation sites is 1. The largest absolute Gasteiger partial charge is 0.469 e. The fourth-order valence-electron chi connectivity index (χ4n) is 2.61. The van der Waals surface area contributed by atoms with E-state index < -0.39 is 0 Å². The number of benzene rings is 1. The van der Waals surface area contributed by atoms with Gasteiger partial charge in [0.1, 0.15) is 11.8 Å². The first-order valence-electron chi connectivity index (χ1n) is 6.86. The molecule has 21 heavy (non-hydrogen) atoms. The standard InChI is InChI=1S/C16H15N3OS/c1-11(7-8-13-5-3-9-20-13)19-14-6-2-4-12(10-17)15(14)18-16(19)21/h2-6,9,11H,7-8H2,1H3,(H,18,21). The highest BCUT2D eigenvalue weighted by molar-refractivity contribution is 7.71. The summed E-state index contributed by atoms with van der Waals surface area (Å²) in [4.78, 5) is 3.15. The van der Waals surface area contributed by atoms with Crippen LogP contribution in [0.15, 0.2) is 41.0 Å². The lowest BCUT2D eigenvalue weighted by Crippen LogP contribution is -2.06. The first-order chi connectivity index (χ1) is 10.2. The van der Waals surface area contributed by atoms with E-state index in [0.29, 0.717) is 10.3 Å². The second-order valence-corrected chi connectivity index (χ2v) is 5.47. The Kier molecular flexibility index (Phi) is 3.63. The zero-order valence-corrected chi connectivity index (χ0v) is 12.5. The molecule has 1 unspecified atom stereocenters. The van der Waals surface area contributed by atoms with E-state index in [1.54, 1.807) is 12.3 Å². The molecule has 0 aliphatic carbocycles. The normalized spacial score (nSPS) is 12.4. The van der Waals surface area contributed by atoms with E-state index in [2.05, 4.69) is 22.5 Å². The first-order valence-corrected chi connectivity index (χ1v) is 7.27. The topological polar surface area (TPSA) is 57.6 Å². The summed E-state index contributed by atoms with van der Waals surface area (Å²) in [6.45, 7) is 2.13. The number of aromatic nitrogens is 2. The summed E-state index contributed by atoms with van der Waals surface area (Å²) in [6.07, 6.45) is 3.47. The van der Waals surface area contributed by atoms with Gasteiger partial charge in [0, 0.05) is 12.5 Å². The molecule has 0 radical (unpaired) electrons. The second kappa shape index (κ2) is 5.58. The van der Waals surface area contributed by atoms with Crippen molar-refractivity contribution in [3.63, 3.8) is 0 Å². The predicted octanol–water partition coefficient (Wildman–Crippen LogP) is 4.36. The summed E-state index contributed by atoms with van der Waals surface area (Å²) in [6, 6.07) is 12.0. The monoisotopic (exact) mass is 297 g/mol.